The van der Waals surface area contributed by atoms with Gasteiger partial charge in [-0.05, 0) is 42.2 Å². The molecule has 4 heterocycles. The van der Waals surface area contributed by atoms with Gasteiger partial charge in [0.05, 0.1) is 17.6 Å². The lowest BCUT2D eigenvalue weighted by Crippen LogP contribution is -2.27. The Kier molecular flexibility index (Phi) is 5.23. The summed E-state index contributed by atoms with van der Waals surface area (Å²) in [4.78, 5) is 16.9. The summed E-state index contributed by atoms with van der Waals surface area (Å²) in [5.74, 6) is 0.750. The highest BCUT2D eigenvalue weighted by molar-refractivity contribution is 5.71. The van der Waals surface area contributed by atoms with Crippen LogP contribution in [-0.2, 0) is 4.74 Å². The van der Waals surface area contributed by atoms with E-state index < -0.39 is 0 Å². The van der Waals surface area contributed by atoms with Crippen molar-refractivity contribution in [2.75, 3.05) is 18.5 Å². The molecule has 0 saturated carbocycles. The third kappa shape index (κ3) is 4.09. The number of hydrogen-bond donors (Lipinski definition) is 2. The van der Waals surface area contributed by atoms with Crippen LogP contribution in [-0.4, -0.2) is 39.2 Å². The van der Waals surface area contributed by atoms with Gasteiger partial charge in [-0.15, -0.1) is 0 Å². The molecule has 30 heavy (non-hydrogen) atoms. The Morgan fingerprint density at radius 2 is 1.73 bits per heavy atom. The zero-order valence-corrected chi connectivity index (χ0v) is 16.6. The van der Waals surface area contributed by atoms with Crippen molar-refractivity contribution in [3.8, 4) is 33.9 Å². The van der Waals surface area contributed by atoms with Gasteiger partial charge in [-0.3, -0.25) is 9.97 Å². The average Bonchev–Trinajstić information content (AvgIpc) is 3.31. The van der Waals surface area contributed by atoms with E-state index in [4.69, 9.17) is 4.74 Å². The number of benzene rings is 1. The Labute approximate surface area is 175 Å². The molecule has 0 spiro atoms. The zero-order chi connectivity index (χ0) is 20.2. The van der Waals surface area contributed by atoms with E-state index in [1.54, 1.807) is 0 Å². The van der Waals surface area contributed by atoms with Crippen LogP contribution < -0.4 is 5.32 Å². The Morgan fingerprint density at radius 1 is 0.867 bits per heavy atom. The zero-order valence-electron chi connectivity index (χ0n) is 16.6. The lowest BCUT2D eigenvalue weighted by Gasteiger charge is -2.24. The minimum atomic E-state index is 0.434. The van der Waals surface area contributed by atoms with E-state index in [0.717, 1.165) is 65.6 Å². The molecule has 1 aliphatic heterocycles. The number of rotatable bonds is 5. The summed E-state index contributed by atoms with van der Waals surface area (Å²) in [6, 6.07) is 16.8. The molecule has 0 atom stereocenters. The molecule has 1 aromatic carbocycles. The number of aromatic nitrogens is 4. The van der Waals surface area contributed by atoms with Gasteiger partial charge >= 0.3 is 0 Å². The Hall–Kier alpha value is -3.51. The van der Waals surface area contributed by atoms with Crippen molar-refractivity contribution in [1.29, 1.82) is 0 Å². The van der Waals surface area contributed by atoms with E-state index in [-0.39, 0.29) is 0 Å². The van der Waals surface area contributed by atoms with E-state index >= 15 is 0 Å². The molecule has 1 saturated heterocycles. The molecule has 0 amide bonds. The lowest BCUT2D eigenvalue weighted by molar-refractivity contribution is 0.0904. The number of ether oxygens (including phenoxy) is 1. The number of H-pyrrole nitrogens is 1. The number of aromatic amines is 1. The summed E-state index contributed by atoms with van der Waals surface area (Å²) < 4.78 is 5.44. The van der Waals surface area contributed by atoms with Crippen LogP contribution in [0.5, 0.6) is 0 Å². The second-order valence-corrected chi connectivity index (χ2v) is 7.43. The first kappa shape index (κ1) is 18.5. The van der Waals surface area contributed by atoms with Gasteiger partial charge in [0.25, 0.3) is 0 Å². The molecule has 2 N–H and O–H groups in total. The predicted octanol–water partition coefficient (Wildman–Crippen LogP) is 4.79. The average molecular weight is 397 g/mol. The Morgan fingerprint density at radius 3 is 2.60 bits per heavy atom. The van der Waals surface area contributed by atoms with Crippen molar-refractivity contribution >= 4 is 5.69 Å². The maximum absolute atomic E-state index is 5.44. The van der Waals surface area contributed by atoms with Gasteiger partial charge in [-0.2, -0.15) is 0 Å². The monoisotopic (exact) mass is 397 g/mol. The summed E-state index contributed by atoms with van der Waals surface area (Å²) in [5, 5.41) is 3.58. The SMILES string of the molecule is c1ccc(-c2cnc(-c3cc(-c4cncc(NC5CCOCC5)c4)ccn3)[nH]2)cc1. The number of nitrogens with one attached hydrogen (secondary N) is 2. The molecular weight excluding hydrogens is 374 g/mol. The quantitative estimate of drug-likeness (QED) is 0.506. The molecule has 5 rings (SSSR count). The molecule has 4 aromatic rings. The fraction of sp³-hybridized carbons (Fsp3) is 0.208. The first-order valence-electron chi connectivity index (χ1n) is 10.2. The number of nitrogens with zero attached hydrogens (tertiary/aromatic N) is 3. The smallest absolute Gasteiger partial charge is 0.156 e. The van der Waals surface area contributed by atoms with Crippen LogP contribution in [0, 0.1) is 0 Å². The standard InChI is InChI=1S/C24H23N5O/c1-2-4-17(5-3-1)23-16-27-24(29-23)22-13-18(6-9-26-22)19-12-21(15-25-14-19)28-20-7-10-30-11-8-20/h1-6,9,12-16,20,28H,7-8,10-11H2,(H,27,29). The van der Waals surface area contributed by atoms with Gasteiger partial charge < -0.3 is 15.0 Å². The molecular formula is C24H23N5O. The summed E-state index contributed by atoms with van der Waals surface area (Å²) in [6.45, 7) is 1.62. The highest BCUT2D eigenvalue weighted by Crippen LogP contribution is 2.27. The van der Waals surface area contributed by atoms with E-state index in [0.29, 0.717) is 6.04 Å². The maximum atomic E-state index is 5.44. The largest absolute Gasteiger partial charge is 0.381 e. The minimum Gasteiger partial charge on any atom is -0.381 e. The van der Waals surface area contributed by atoms with E-state index in [2.05, 4.69) is 43.5 Å². The van der Waals surface area contributed by atoms with Crippen molar-refractivity contribution in [3.05, 3.63) is 73.3 Å². The van der Waals surface area contributed by atoms with Crippen molar-refractivity contribution in [3.63, 3.8) is 0 Å². The molecule has 1 fully saturated rings. The summed E-state index contributed by atoms with van der Waals surface area (Å²) in [7, 11) is 0. The second-order valence-electron chi connectivity index (χ2n) is 7.43. The van der Waals surface area contributed by atoms with Crippen LogP contribution in [0.1, 0.15) is 12.8 Å². The lowest BCUT2D eigenvalue weighted by atomic mass is 10.1. The highest BCUT2D eigenvalue weighted by atomic mass is 16.5. The van der Waals surface area contributed by atoms with Crippen molar-refractivity contribution in [2.45, 2.75) is 18.9 Å². The molecule has 1 aliphatic rings. The van der Waals surface area contributed by atoms with Gasteiger partial charge in [0.1, 0.15) is 5.69 Å². The van der Waals surface area contributed by atoms with Gasteiger partial charge in [0.2, 0.25) is 0 Å². The van der Waals surface area contributed by atoms with Gasteiger partial charge in [0, 0.05) is 43.4 Å². The van der Waals surface area contributed by atoms with E-state index in [1.807, 2.05) is 55.1 Å². The Balaban J connectivity index is 1.39. The first-order valence-corrected chi connectivity index (χ1v) is 10.2. The van der Waals surface area contributed by atoms with Crippen LogP contribution in [0.3, 0.4) is 0 Å². The molecule has 6 nitrogen and oxygen atoms in total. The normalized spacial score (nSPS) is 14.5. The maximum Gasteiger partial charge on any atom is 0.156 e. The predicted molar refractivity (Wildman–Crippen MR) is 118 cm³/mol. The van der Waals surface area contributed by atoms with Crippen LogP contribution in [0.2, 0.25) is 0 Å². The fourth-order valence-electron chi connectivity index (χ4n) is 3.71. The van der Waals surface area contributed by atoms with Crippen molar-refractivity contribution in [1.82, 2.24) is 19.9 Å². The first-order chi connectivity index (χ1) is 14.8. The number of hydrogen-bond acceptors (Lipinski definition) is 5. The summed E-state index contributed by atoms with van der Waals surface area (Å²) in [6.07, 6.45) is 9.45. The molecule has 0 bridgehead atoms. The number of pyridine rings is 2. The van der Waals surface area contributed by atoms with Crippen molar-refractivity contribution < 1.29 is 4.74 Å². The third-order valence-electron chi connectivity index (χ3n) is 5.33. The highest BCUT2D eigenvalue weighted by Gasteiger charge is 2.14. The molecule has 150 valence electrons. The van der Waals surface area contributed by atoms with Gasteiger partial charge in [-0.25, -0.2) is 4.98 Å². The molecule has 6 heteroatoms. The minimum absolute atomic E-state index is 0.434. The molecule has 0 aliphatic carbocycles. The number of imidazole rings is 1. The summed E-state index contributed by atoms with van der Waals surface area (Å²) in [5.41, 5.74) is 6.01. The molecule has 0 unspecified atom stereocenters. The molecule has 0 radical (unpaired) electrons. The van der Waals surface area contributed by atoms with E-state index in [9.17, 15) is 0 Å². The number of anilines is 1. The topological polar surface area (TPSA) is 75.7 Å². The Bertz CT molecular complexity index is 1120. The fourth-order valence-corrected chi connectivity index (χ4v) is 3.71. The van der Waals surface area contributed by atoms with Crippen molar-refractivity contribution in [2.24, 2.45) is 0 Å². The molecule has 3 aromatic heterocycles. The van der Waals surface area contributed by atoms with Crippen LogP contribution in [0.25, 0.3) is 33.9 Å². The summed E-state index contributed by atoms with van der Waals surface area (Å²) >= 11 is 0. The van der Waals surface area contributed by atoms with E-state index in [1.165, 1.54) is 0 Å². The third-order valence-corrected chi connectivity index (χ3v) is 5.33. The van der Waals surface area contributed by atoms with Crippen LogP contribution in [0.15, 0.2) is 73.3 Å². The van der Waals surface area contributed by atoms with Gasteiger partial charge in [0.15, 0.2) is 5.82 Å². The second kappa shape index (κ2) is 8.47. The van der Waals surface area contributed by atoms with Crippen LogP contribution in [0.4, 0.5) is 5.69 Å². The van der Waals surface area contributed by atoms with Gasteiger partial charge in [-0.1, -0.05) is 30.3 Å². The van der Waals surface area contributed by atoms with Crippen LogP contribution >= 0.6 is 0 Å².